The van der Waals surface area contributed by atoms with Crippen LogP contribution >= 0.6 is 15.9 Å². The van der Waals surface area contributed by atoms with E-state index in [-0.39, 0.29) is 0 Å². The smallest absolute Gasteiger partial charge is 0.0585 e. The molecule has 2 aliphatic rings. The third kappa shape index (κ3) is 1.17. The van der Waals surface area contributed by atoms with Crippen LogP contribution in [0.3, 0.4) is 0 Å². The maximum atomic E-state index is 5.74. The topological polar surface area (TPSA) is 9.23 Å². The molecule has 2 fully saturated rings. The number of ether oxygens (including phenoxy) is 1. The summed E-state index contributed by atoms with van der Waals surface area (Å²) >= 11 is 3.65. The van der Waals surface area contributed by atoms with Crippen LogP contribution in [0, 0.1) is 0 Å². The van der Waals surface area contributed by atoms with E-state index in [9.17, 15) is 0 Å². The van der Waals surface area contributed by atoms with Gasteiger partial charge in [-0.3, -0.25) is 0 Å². The highest BCUT2D eigenvalue weighted by molar-refractivity contribution is 9.10. The Labute approximate surface area is 92.6 Å². The Kier molecular flexibility index (Phi) is 1.96. The van der Waals surface area contributed by atoms with Crippen molar-refractivity contribution in [2.24, 2.45) is 0 Å². The van der Waals surface area contributed by atoms with Gasteiger partial charge in [-0.25, -0.2) is 0 Å². The minimum absolute atomic E-state index is 0.324. The van der Waals surface area contributed by atoms with Gasteiger partial charge in [-0.1, -0.05) is 34.1 Å². The fourth-order valence-corrected chi connectivity index (χ4v) is 3.55. The molecule has 0 N–H and O–H groups in total. The fraction of sp³-hybridized carbons (Fsp3) is 0.500. The normalized spacial score (nSPS) is 35.1. The molecule has 2 unspecified atom stereocenters. The van der Waals surface area contributed by atoms with E-state index in [1.807, 2.05) is 0 Å². The van der Waals surface area contributed by atoms with Crippen molar-refractivity contribution in [3.63, 3.8) is 0 Å². The van der Waals surface area contributed by atoms with Crippen LogP contribution in [0.25, 0.3) is 0 Å². The third-order valence-corrected chi connectivity index (χ3v) is 4.30. The highest BCUT2D eigenvalue weighted by Gasteiger charge is 2.47. The van der Waals surface area contributed by atoms with Gasteiger partial charge in [0.15, 0.2) is 0 Å². The molecule has 1 heterocycles. The fourth-order valence-electron chi connectivity index (χ4n) is 2.84. The second-order valence-electron chi connectivity index (χ2n) is 4.44. The first-order valence-corrected chi connectivity index (χ1v) is 5.96. The van der Waals surface area contributed by atoms with Crippen LogP contribution in [0.2, 0.25) is 0 Å². The van der Waals surface area contributed by atoms with Crippen LogP contribution in [0.4, 0.5) is 0 Å². The monoisotopic (exact) mass is 252 g/mol. The summed E-state index contributed by atoms with van der Waals surface area (Å²) in [6.45, 7) is 0.917. The van der Waals surface area contributed by atoms with Gasteiger partial charge in [0.2, 0.25) is 0 Å². The summed E-state index contributed by atoms with van der Waals surface area (Å²) in [6.07, 6.45) is 4.28. The summed E-state index contributed by atoms with van der Waals surface area (Å²) in [7, 11) is 0. The van der Waals surface area contributed by atoms with E-state index in [1.54, 1.807) is 0 Å². The molecule has 0 spiro atoms. The Morgan fingerprint density at radius 1 is 1.36 bits per heavy atom. The van der Waals surface area contributed by atoms with Gasteiger partial charge < -0.3 is 4.74 Å². The molecule has 1 aliphatic carbocycles. The molecule has 0 amide bonds. The van der Waals surface area contributed by atoms with Gasteiger partial charge in [-0.2, -0.15) is 0 Å². The Morgan fingerprint density at radius 2 is 2.21 bits per heavy atom. The zero-order valence-electron chi connectivity index (χ0n) is 8.00. The van der Waals surface area contributed by atoms with Crippen LogP contribution in [0.1, 0.15) is 24.8 Å². The Balaban J connectivity index is 2.06. The van der Waals surface area contributed by atoms with Crippen molar-refractivity contribution in [1.29, 1.82) is 0 Å². The minimum Gasteiger partial charge on any atom is -0.377 e. The van der Waals surface area contributed by atoms with E-state index >= 15 is 0 Å². The summed E-state index contributed by atoms with van der Waals surface area (Å²) < 4.78 is 6.99. The molecule has 1 aliphatic heterocycles. The highest BCUT2D eigenvalue weighted by atomic mass is 79.9. The number of fused-ring (bicyclic) bond motifs is 2. The van der Waals surface area contributed by atoms with Crippen LogP contribution in [0.15, 0.2) is 28.7 Å². The first-order valence-electron chi connectivity index (χ1n) is 5.17. The Hall–Kier alpha value is -0.340. The van der Waals surface area contributed by atoms with Crippen LogP contribution in [0.5, 0.6) is 0 Å². The molecule has 1 saturated carbocycles. The standard InChI is InChI=1S/C12H13BrO/c13-11-4-2-1-3-10(11)12-6-5-9(7-12)14-8-12/h1-4,9H,5-8H2. The quantitative estimate of drug-likeness (QED) is 0.746. The molecule has 14 heavy (non-hydrogen) atoms. The lowest BCUT2D eigenvalue weighted by atomic mass is 9.80. The van der Waals surface area contributed by atoms with E-state index in [2.05, 4.69) is 40.2 Å². The van der Waals surface area contributed by atoms with Gasteiger partial charge in [-0.05, 0) is 30.9 Å². The van der Waals surface area contributed by atoms with Gasteiger partial charge in [0, 0.05) is 9.89 Å². The molecule has 0 aromatic heterocycles. The summed E-state index contributed by atoms with van der Waals surface area (Å²) in [4.78, 5) is 0. The van der Waals surface area contributed by atoms with Crippen LogP contribution in [-0.2, 0) is 10.2 Å². The van der Waals surface area contributed by atoms with E-state index in [1.165, 1.54) is 29.3 Å². The number of rotatable bonds is 1. The zero-order chi connectivity index (χ0) is 9.60. The number of hydrogen-bond donors (Lipinski definition) is 0. The number of benzene rings is 1. The molecule has 2 bridgehead atoms. The molecule has 1 nitrogen and oxygen atoms in total. The largest absolute Gasteiger partial charge is 0.377 e. The lowest BCUT2D eigenvalue weighted by molar-refractivity contribution is 0.0697. The predicted octanol–water partition coefficient (Wildman–Crippen LogP) is 3.27. The summed E-state index contributed by atoms with van der Waals surface area (Å²) in [5.41, 5.74) is 1.77. The van der Waals surface area contributed by atoms with Crippen molar-refractivity contribution in [2.45, 2.75) is 30.8 Å². The third-order valence-electron chi connectivity index (χ3n) is 3.60. The lowest BCUT2D eigenvalue weighted by Gasteiger charge is -2.27. The van der Waals surface area contributed by atoms with Gasteiger partial charge >= 0.3 is 0 Å². The maximum Gasteiger partial charge on any atom is 0.0585 e. The molecule has 2 heteroatoms. The lowest BCUT2D eigenvalue weighted by Crippen LogP contribution is -2.25. The van der Waals surface area contributed by atoms with Crippen molar-refractivity contribution < 1.29 is 4.74 Å². The minimum atomic E-state index is 0.324. The predicted molar refractivity (Wildman–Crippen MR) is 59.4 cm³/mol. The van der Waals surface area contributed by atoms with E-state index in [0.717, 1.165) is 6.61 Å². The van der Waals surface area contributed by atoms with Crippen molar-refractivity contribution in [3.05, 3.63) is 34.3 Å². The second kappa shape index (κ2) is 3.07. The molecule has 1 saturated heterocycles. The van der Waals surface area contributed by atoms with Gasteiger partial charge in [0.25, 0.3) is 0 Å². The van der Waals surface area contributed by atoms with Crippen LogP contribution < -0.4 is 0 Å². The second-order valence-corrected chi connectivity index (χ2v) is 5.29. The van der Waals surface area contributed by atoms with Crippen molar-refractivity contribution in [1.82, 2.24) is 0 Å². The van der Waals surface area contributed by atoms with Crippen molar-refractivity contribution in [2.75, 3.05) is 6.61 Å². The highest BCUT2D eigenvalue weighted by Crippen LogP contribution is 2.49. The molecule has 0 radical (unpaired) electrons. The number of halogens is 1. The molecule has 3 rings (SSSR count). The van der Waals surface area contributed by atoms with Crippen molar-refractivity contribution >= 4 is 15.9 Å². The average Bonchev–Trinajstić information content (AvgIpc) is 2.79. The van der Waals surface area contributed by atoms with Crippen molar-refractivity contribution in [3.8, 4) is 0 Å². The average molecular weight is 253 g/mol. The molecule has 1 aromatic carbocycles. The summed E-state index contributed by atoms with van der Waals surface area (Å²) in [5.74, 6) is 0. The molecule has 74 valence electrons. The number of hydrogen-bond acceptors (Lipinski definition) is 1. The maximum absolute atomic E-state index is 5.74. The molecular weight excluding hydrogens is 240 g/mol. The first kappa shape index (κ1) is 8.93. The molecular formula is C12H13BrO. The summed E-state index contributed by atoms with van der Waals surface area (Å²) in [5, 5.41) is 0. The van der Waals surface area contributed by atoms with E-state index in [0.29, 0.717) is 11.5 Å². The Bertz CT molecular complexity index is 353. The summed E-state index contributed by atoms with van der Waals surface area (Å²) in [6, 6.07) is 8.57. The molecule has 1 aromatic rings. The van der Waals surface area contributed by atoms with Crippen LogP contribution in [-0.4, -0.2) is 12.7 Å². The van der Waals surface area contributed by atoms with Gasteiger partial charge in [0.05, 0.1) is 12.7 Å². The first-order chi connectivity index (χ1) is 6.80. The van der Waals surface area contributed by atoms with E-state index in [4.69, 9.17) is 4.74 Å². The van der Waals surface area contributed by atoms with Gasteiger partial charge in [-0.15, -0.1) is 0 Å². The zero-order valence-corrected chi connectivity index (χ0v) is 9.59. The van der Waals surface area contributed by atoms with E-state index < -0.39 is 0 Å². The van der Waals surface area contributed by atoms with Gasteiger partial charge in [0.1, 0.15) is 0 Å². The Morgan fingerprint density at radius 3 is 2.79 bits per heavy atom. The SMILES string of the molecule is Brc1ccccc1C12CCC(C1)OC2. The molecule has 2 atom stereocenters.